The van der Waals surface area contributed by atoms with Gasteiger partial charge >= 0.3 is 0 Å². The first kappa shape index (κ1) is 14.0. The van der Waals surface area contributed by atoms with Crippen LogP contribution >= 0.6 is 11.6 Å². The van der Waals surface area contributed by atoms with Crippen molar-refractivity contribution in [1.29, 1.82) is 0 Å². The van der Waals surface area contributed by atoms with Crippen molar-refractivity contribution in [2.75, 3.05) is 44.6 Å². The average Bonchev–Trinajstić information content (AvgIpc) is 2.41. The summed E-state index contributed by atoms with van der Waals surface area (Å²) in [6.07, 6.45) is 0. The second kappa shape index (κ2) is 6.70. The fraction of sp³-hybridized carbons (Fsp3) is 0.500. The van der Waals surface area contributed by atoms with Gasteiger partial charge in [0.25, 0.3) is 5.69 Å². The maximum absolute atomic E-state index is 10.9. The predicted molar refractivity (Wildman–Crippen MR) is 75.9 cm³/mol. The Balaban J connectivity index is 1.93. The summed E-state index contributed by atoms with van der Waals surface area (Å²) in [7, 11) is 0. The standard InChI is InChI=1S/C12H17ClN4O2/c13-10-2-1-3-11(17(18)19)12(10)15-6-9-16-7-4-14-5-8-16/h1-3,14-15H,4-9H2. The third-order valence-electron chi connectivity index (χ3n) is 3.13. The van der Waals surface area contributed by atoms with E-state index >= 15 is 0 Å². The average molecular weight is 285 g/mol. The van der Waals surface area contributed by atoms with Crippen LogP contribution in [0.1, 0.15) is 0 Å². The summed E-state index contributed by atoms with van der Waals surface area (Å²) in [4.78, 5) is 12.8. The second-order valence-corrected chi connectivity index (χ2v) is 4.82. The third-order valence-corrected chi connectivity index (χ3v) is 3.44. The van der Waals surface area contributed by atoms with Crippen molar-refractivity contribution in [2.45, 2.75) is 0 Å². The number of hydrogen-bond acceptors (Lipinski definition) is 5. The fourth-order valence-electron chi connectivity index (χ4n) is 2.11. The van der Waals surface area contributed by atoms with Gasteiger partial charge in [-0.25, -0.2) is 0 Å². The molecule has 1 aromatic rings. The number of nitro groups is 1. The lowest BCUT2D eigenvalue weighted by Crippen LogP contribution is -2.45. The molecular formula is C12H17ClN4O2. The maximum atomic E-state index is 10.9. The van der Waals surface area contributed by atoms with Gasteiger partial charge < -0.3 is 10.6 Å². The molecule has 7 heteroatoms. The minimum absolute atomic E-state index is 0.0211. The van der Waals surface area contributed by atoms with Gasteiger partial charge in [-0.1, -0.05) is 17.7 Å². The second-order valence-electron chi connectivity index (χ2n) is 4.41. The number of nitro benzene ring substituents is 1. The number of anilines is 1. The molecule has 1 aromatic carbocycles. The molecule has 6 nitrogen and oxygen atoms in total. The number of nitrogens with zero attached hydrogens (tertiary/aromatic N) is 2. The van der Waals surface area contributed by atoms with Crippen LogP contribution in [0.4, 0.5) is 11.4 Å². The van der Waals surface area contributed by atoms with Gasteiger partial charge in [0.15, 0.2) is 0 Å². The van der Waals surface area contributed by atoms with E-state index in [4.69, 9.17) is 11.6 Å². The molecule has 0 bridgehead atoms. The molecule has 0 radical (unpaired) electrons. The Kier molecular flexibility index (Phi) is 4.95. The van der Waals surface area contributed by atoms with Crippen LogP contribution < -0.4 is 10.6 Å². The molecule has 0 aliphatic carbocycles. The van der Waals surface area contributed by atoms with Gasteiger partial charge in [0.05, 0.1) is 9.95 Å². The van der Waals surface area contributed by atoms with Crippen molar-refractivity contribution in [3.8, 4) is 0 Å². The lowest BCUT2D eigenvalue weighted by molar-refractivity contribution is -0.383. The molecule has 104 valence electrons. The molecule has 0 spiro atoms. The molecule has 0 atom stereocenters. The number of rotatable bonds is 5. The van der Waals surface area contributed by atoms with Gasteiger partial charge in [0, 0.05) is 45.3 Å². The Bertz CT molecular complexity index is 449. The van der Waals surface area contributed by atoms with Gasteiger partial charge in [-0.2, -0.15) is 0 Å². The minimum Gasteiger partial charge on any atom is -0.377 e. The Morgan fingerprint density at radius 3 is 2.84 bits per heavy atom. The van der Waals surface area contributed by atoms with E-state index < -0.39 is 4.92 Å². The van der Waals surface area contributed by atoms with E-state index in [9.17, 15) is 10.1 Å². The molecule has 0 amide bonds. The molecule has 0 unspecified atom stereocenters. The van der Waals surface area contributed by atoms with Crippen molar-refractivity contribution in [2.24, 2.45) is 0 Å². The summed E-state index contributed by atoms with van der Waals surface area (Å²) in [6, 6.07) is 4.70. The largest absolute Gasteiger partial charge is 0.377 e. The molecule has 1 aliphatic heterocycles. The molecule has 1 heterocycles. The highest BCUT2D eigenvalue weighted by Crippen LogP contribution is 2.31. The first-order valence-corrected chi connectivity index (χ1v) is 6.66. The van der Waals surface area contributed by atoms with Crippen molar-refractivity contribution in [3.63, 3.8) is 0 Å². The fourth-order valence-corrected chi connectivity index (χ4v) is 2.35. The van der Waals surface area contributed by atoms with E-state index in [1.807, 2.05) is 0 Å². The summed E-state index contributed by atoms with van der Waals surface area (Å²) in [6.45, 7) is 5.49. The Labute approximate surface area is 116 Å². The summed E-state index contributed by atoms with van der Waals surface area (Å²) >= 11 is 6.00. The third kappa shape index (κ3) is 3.79. The van der Waals surface area contributed by atoms with E-state index in [0.29, 0.717) is 17.3 Å². The molecule has 2 rings (SSSR count). The molecular weight excluding hydrogens is 268 g/mol. The number of benzene rings is 1. The summed E-state index contributed by atoms with van der Waals surface area (Å²) in [5.74, 6) is 0. The van der Waals surface area contributed by atoms with Gasteiger partial charge in [-0.05, 0) is 6.07 Å². The van der Waals surface area contributed by atoms with E-state index in [1.54, 1.807) is 12.1 Å². The molecule has 0 saturated carbocycles. The zero-order valence-corrected chi connectivity index (χ0v) is 11.3. The van der Waals surface area contributed by atoms with Crippen LogP contribution in [0.15, 0.2) is 18.2 Å². The topological polar surface area (TPSA) is 70.4 Å². The van der Waals surface area contributed by atoms with Gasteiger partial charge in [-0.15, -0.1) is 0 Å². The summed E-state index contributed by atoms with van der Waals surface area (Å²) in [5, 5.41) is 17.7. The van der Waals surface area contributed by atoms with Crippen molar-refractivity contribution >= 4 is 23.0 Å². The van der Waals surface area contributed by atoms with E-state index in [-0.39, 0.29) is 5.69 Å². The van der Waals surface area contributed by atoms with Crippen LogP contribution in [0.5, 0.6) is 0 Å². The smallest absolute Gasteiger partial charge is 0.293 e. The first-order chi connectivity index (χ1) is 9.18. The number of piperazine rings is 1. The molecule has 1 fully saturated rings. The molecule has 0 aromatic heterocycles. The summed E-state index contributed by atoms with van der Waals surface area (Å²) in [5.41, 5.74) is 0.428. The van der Waals surface area contributed by atoms with E-state index in [2.05, 4.69) is 15.5 Å². The zero-order chi connectivity index (χ0) is 13.7. The normalized spacial score (nSPS) is 16.3. The zero-order valence-electron chi connectivity index (χ0n) is 10.6. The number of para-hydroxylation sites is 1. The maximum Gasteiger partial charge on any atom is 0.293 e. The number of halogens is 1. The van der Waals surface area contributed by atoms with Crippen LogP contribution in [0.2, 0.25) is 5.02 Å². The van der Waals surface area contributed by atoms with Gasteiger partial charge in [0.1, 0.15) is 5.69 Å². The highest BCUT2D eigenvalue weighted by atomic mass is 35.5. The quantitative estimate of drug-likeness (QED) is 0.634. The highest BCUT2D eigenvalue weighted by Gasteiger charge is 2.16. The predicted octanol–water partition coefficient (Wildman–Crippen LogP) is 1.57. The Morgan fingerprint density at radius 1 is 1.42 bits per heavy atom. The van der Waals surface area contributed by atoms with Gasteiger partial charge in [0.2, 0.25) is 0 Å². The Morgan fingerprint density at radius 2 is 2.16 bits per heavy atom. The molecule has 2 N–H and O–H groups in total. The van der Waals surface area contributed by atoms with Crippen LogP contribution in [0.25, 0.3) is 0 Å². The summed E-state index contributed by atoms with van der Waals surface area (Å²) < 4.78 is 0. The van der Waals surface area contributed by atoms with Gasteiger partial charge in [-0.3, -0.25) is 15.0 Å². The van der Waals surface area contributed by atoms with Crippen molar-refractivity contribution in [1.82, 2.24) is 10.2 Å². The van der Waals surface area contributed by atoms with Crippen LogP contribution in [0, 0.1) is 10.1 Å². The highest BCUT2D eigenvalue weighted by molar-refractivity contribution is 6.33. The minimum atomic E-state index is -0.418. The molecule has 1 saturated heterocycles. The lowest BCUT2D eigenvalue weighted by Gasteiger charge is -2.27. The van der Waals surface area contributed by atoms with Crippen LogP contribution in [0.3, 0.4) is 0 Å². The van der Waals surface area contributed by atoms with E-state index in [1.165, 1.54) is 6.07 Å². The van der Waals surface area contributed by atoms with E-state index in [0.717, 1.165) is 32.7 Å². The SMILES string of the molecule is O=[N+]([O-])c1cccc(Cl)c1NCCN1CCNCC1. The van der Waals surface area contributed by atoms with Crippen LogP contribution in [-0.2, 0) is 0 Å². The Hall–Kier alpha value is -1.37. The first-order valence-electron chi connectivity index (χ1n) is 6.28. The monoisotopic (exact) mass is 284 g/mol. The van der Waals surface area contributed by atoms with Crippen LogP contribution in [-0.4, -0.2) is 49.1 Å². The molecule has 19 heavy (non-hydrogen) atoms. The molecule has 1 aliphatic rings. The lowest BCUT2D eigenvalue weighted by atomic mass is 10.2. The number of nitrogens with one attached hydrogen (secondary N) is 2. The number of hydrogen-bond donors (Lipinski definition) is 2. The van der Waals surface area contributed by atoms with Crippen molar-refractivity contribution in [3.05, 3.63) is 33.3 Å². The van der Waals surface area contributed by atoms with Crippen molar-refractivity contribution < 1.29 is 4.92 Å².